The van der Waals surface area contributed by atoms with Crippen molar-refractivity contribution < 1.29 is 8.42 Å². The molecule has 4 nitrogen and oxygen atoms in total. The summed E-state index contributed by atoms with van der Waals surface area (Å²) in [7, 11) is -1.37. The fourth-order valence-corrected chi connectivity index (χ4v) is 2.96. The molecule has 2 N–H and O–H groups in total. The summed E-state index contributed by atoms with van der Waals surface area (Å²) in [6, 6.07) is 7.58. The van der Waals surface area contributed by atoms with Gasteiger partial charge in [-0.05, 0) is 50.0 Å². The minimum atomic E-state index is -3.24. The highest BCUT2D eigenvalue weighted by molar-refractivity contribution is 7.92. The van der Waals surface area contributed by atoms with E-state index in [1.807, 2.05) is 25.2 Å². The lowest BCUT2D eigenvalue weighted by Crippen LogP contribution is -2.18. The zero-order valence-corrected chi connectivity index (χ0v) is 12.8. The molecule has 0 fully saturated rings. The normalized spacial score (nSPS) is 11.8. The van der Waals surface area contributed by atoms with Crippen molar-refractivity contribution in [3.63, 3.8) is 0 Å². The van der Waals surface area contributed by atoms with E-state index < -0.39 is 10.0 Å². The summed E-state index contributed by atoms with van der Waals surface area (Å²) >= 11 is 0. The maximum Gasteiger partial charge on any atom is 0.232 e. The highest BCUT2D eigenvalue weighted by Crippen LogP contribution is 2.19. The van der Waals surface area contributed by atoms with Crippen LogP contribution in [0.4, 0.5) is 5.69 Å². The number of unbranched alkanes of at least 4 members (excludes halogenated alkanes) is 1. The summed E-state index contributed by atoms with van der Waals surface area (Å²) in [6.07, 6.45) is 1.53. The molecule has 1 aromatic carbocycles. The number of hydrogen-bond acceptors (Lipinski definition) is 3. The lowest BCUT2D eigenvalue weighted by molar-refractivity contribution is 0.595. The van der Waals surface area contributed by atoms with Crippen molar-refractivity contribution in [1.29, 1.82) is 0 Å². The van der Waals surface area contributed by atoms with E-state index in [0.717, 1.165) is 18.5 Å². The summed E-state index contributed by atoms with van der Waals surface area (Å²) in [6.45, 7) is 5.02. The second kappa shape index (κ2) is 7.50. The van der Waals surface area contributed by atoms with Crippen molar-refractivity contribution in [2.45, 2.75) is 32.6 Å². The van der Waals surface area contributed by atoms with Crippen LogP contribution in [0.2, 0.25) is 0 Å². The molecule has 0 aliphatic carbocycles. The van der Waals surface area contributed by atoms with Gasteiger partial charge in [0.25, 0.3) is 0 Å². The maximum absolute atomic E-state index is 11.9. The monoisotopic (exact) mass is 284 g/mol. The van der Waals surface area contributed by atoms with Crippen LogP contribution in [0.3, 0.4) is 0 Å². The largest absolute Gasteiger partial charge is 0.320 e. The van der Waals surface area contributed by atoms with Gasteiger partial charge in [-0.1, -0.05) is 26.0 Å². The van der Waals surface area contributed by atoms with Crippen LogP contribution >= 0.6 is 0 Å². The lowest BCUT2D eigenvalue weighted by atomic mass is 10.0. The minimum Gasteiger partial charge on any atom is -0.320 e. The zero-order chi connectivity index (χ0) is 14.3. The average molecular weight is 284 g/mol. The molecular formula is C14H24N2O2S. The van der Waals surface area contributed by atoms with Gasteiger partial charge in [0, 0.05) is 5.69 Å². The van der Waals surface area contributed by atoms with Crippen LogP contribution < -0.4 is 10.0 Å². The fraction of sp³-hybridized carbons (Fsp3) is 0.571. The van der Waals surface area contributed by atoms with Crippen LogP contribution in [0.25, 0.3) is 0 Å². The van der Waals surface area contributed by atoms with Crippen LogP contribution in [0.1, 0.15) is 38.2 Å². The quantitative estimate of drug-likeness (QED) is 0.721. The van der Waals surface area contributed by atoms with E-state index in [1.165, 1.54) is 0 Å². The van der Waals surface area contributed by atoms with Crippen LogP contribution in [0.15, 0.2) is 24.3 Å². The van der Waals surface area contributed by atoms with Crippen LogP contribution in [-0.2, 0) is 10.0 Å². The van der Waals surface area contributed by atoms with Crippen molar-refractivity contribution in [2.24, 2.45) is 0 Å². The van der Waals surface area contributed by atoms with Gasteiger partial charge in [0.1, 0.15) is 0 Å². The highest BCUT2D eigenvalue weighted by Gasteiger charge is 2.10. The molecule has 19 heavy (non-hydrogen) atoms. The summed E-state index contributed by atoms with van der Waals surface area (Å²) < 4.78 is 26.5. The van der Waals surface area contributed by atoms with Crippen molar-refractivity contribution in [3.05, 3.63) is 29.8 Å². The molecule has 0 atom stereocenters. The van der Waals surface area contributed by atoms with E-state index in [4.69, 9.17) is 0 Å². The minimum absolute atomic E-state index is 0.167. The summed E-state index contributed by atoms with van der Waals surface area (Å²) in [4.78, 5) is 0. The Labute approximate surface area is 116 Å². The van der Waals surface area contributed by atoms with E-state index in [0.29, 0.717) is 18.0 Å². The Bertz CT molecular complexity index is 484. The van der Waals surface area contributed by atoms with Crippen LogP contribution in [0, 0.1) is 0 Å². The molecule has 0 heterocycles. The number of rotatable bonds is 8. The standard InChI is InChI=1S/C14H24N2O2S/c1-12(2)13-7-6-8-14(11-13)16-19(17,18)10-5-4-9-15-3/h6-8,11-12,15-16H,4-5,9-10H2,1-3H3. The molecule has 0 amide bonds. The van der Waals surface area contributed by atoms with Gasteiger partial charge >= 0.3 is 0 Å². The third-order valence-electron chi connectivity index (χ3n) is 2.92. The average Bonchev–Trinajstić information content (AvgIpc) is 2.34. The van der Waals surface area contributed by atoms with Gasteiger partial charge in [0.2, 0.25) is 10.0 Å². The Balaban J connectivity index is 2.60. The molecular weight excluding hydrogens is 260 g/mol. The molecule has 0 saturated carbocycles. The first kappa shape index (κ1) is 16.0. The van der Waals surface area contributed by atoms with E-state index in [2.05, 4.69) is 23.9 Å². The predicted octanol–water partition coefficient (Wildman–Crippen LogP) is 2.55. The van der Waals surface area contributed by atoms with Crippen molar-refractivity contribution >= 4 is 15.7 Å². The Morgan fingerprint density at radius 3 is 2.58 bits per heavy atom. The van der Waals surface area contributed by atoms with Crippen LogP contribution in [-0.4, -0.2) is 27.8 Å². The molecule has 108 valence electrons. The van der Waals surface area contributed by atoms with Crippen molar-refractivity contribution in [1.82, 2.24) is 5.32 Å². The van der Waals surface area contributed by atoms with Gasteiger partial charge in [0.05, 0.1) is 5.75 Å². The Morgan fingerprint density at radius 1 is 1.21 bits per heavy atom. The van der Waals surface area contributed by atoms with Gasteiger partial charge in [-0.2, -0.15) is 0 Å². The molecule has 0 unspecified atom stereocenters. The van der Waals surface area contributed by atoms with Gasteiger partial charge < -0.3 is 5.32 Å². The summed E-state index contributed by atoms with van der Waals surface area (Å²) in [5, 5.41) is 3.01. The van der Waals surface area contributed by atoms with Gasteiger partial charge in [-0.3, -0.25) is 4.72 Å². The number of hydrogen-bond donors (Lipinski definition) is 2. The Morgan fingerprint density at radius 2 is 1.95 bits per heavy atom. The fourth-order valence-electron chi connectivity index (χ4n) is 1.79. The number of sulfonamides is 1. The first-order valence-electron chi connectivity index (χ1n) is 6.69. The molecule has 0 aliphatic heterocycles. The molecule has 1 aromatic rings. The SMILES string of the molecule is CNCCCCS(=O)(=O)Nc1cccc(C(C)C)c1. The zero-order valence-electron chi connectivity index (χ0n) is 11.9. The summed E-state index contributed by atoms with van der Waals surface area (Å²) in [5.74, 6) is 0.556. The van der Waals surface area contributed by atoms with E-state index in [9.17, 15) is 8.42 Å². The lowest BCUT2D eigenvalue weighted by Gasteiger charge is -2.11. The molecule has 0 spiro atoms. The topological polar surface area (TPSA) is 58.2 Å². The maximum atomic E-state index is 11.9. The number of anilines is 1. The smallest absolute Gasteiger partial charge is 0.232 e. The molecule has 0 aromatic heterocycles. The van der Waals surface area contributed by atoms with E-state index in [1.54, 1.807) is 6.07 Å². The Kier molecular flexibility index (Phi) is 6.31. The first-order valence-corrected chi connectivity index (χ1v) is 8.35. The van der Waals surface area contributed by atoms with Gasteiger partial charge in [-0.25, -0.2) is 8.42 Å². The second-order valence-corrected chi connectivity index (χ2v) is 6.85. The number of benzene rings is 1. The van der Waals surface area contributed by atoms with Gasteiger partial charge in [0.15, 0.2) is 0 Å². The molecule has 1 rings (SSSR count). The molecule has 0 bridgehead atoms. The third kappa shape index (κ3) is 6.07. The first-order chi connectivity index (χ1) is 8.94. The Hall–Kier alpha value is -1.07. The van der Waals surface area contributed by atoms with Gasteiger partial charge in [-0.15, -0.1) is 0 Å². The highest BCUT2D eigenvalue weighted by atomic mass is 32.2. The molecule has 5 heteroatoms. The van der Waals surface area contributed by atoms with E-state index in [-0.39, 0.29) is 5.75 Å². The third-order valence-corrected chi connectivity index (χ3v) is 4.29. The van der Waals surface area contributed by atoms with Crippen molar-refractivity contribution in [2.75, 3.05) is 24.1 Å². The van der Waals surface area contributed by atoms with Crippen LogP contribution in [0.5, 0.6) is 0 Å². The molecule has 0 radical (unpaired) electrons. The van der Waals surface area contributed by atoms with E-state index >= 15 is 0 Å². The molecule has 0 aliphatic rings. The predicted molar refractivity (Wildman–Crippen MR) is 81.1 cm³/mol. The number of nitrogens with one attached hydrogen (secondary N) is 2. The molecule has 0 saturated heterocycles. The second-order valence-electron chi connectivity index (χ2n) is 5.01. The summed E-state index contributed by atoms with van der Waals surface area (Å²) in [5.41, 5.74) is 1.79. The van der Waals surface area contributed by atoms with Crippen molar-refractivity contribution in [3.8, 4) is 0 Å².